The van der Waals surface area contributed by atoms with Gasteiger partial charge in [0.1, 0.15) is 0 Å². The summed E-state index contributed by atoms with van der Waals surface area (Å²) >= 11 is 3.35. The highest BCUT2D eigenvalue weighted by molar-refractivity contribution is 9.10. The number of nitrogens with zero attached hydrogens (tertiary/aromatic N) is 1. The van der Waals surface area contributed by atoms with E-state index in [1.54, 1.807) is 0 Å². The Bertz CT molecular complexity index is 377. The van der Waals surface area contributed by atoms with E-state index in [0.29, 0.717) is 6.04 Å². The van der Waals surface area contributed by atoms with Gasteiger partial charge in [-0.05, 0) is 44.3 Å². The summed E-state index contributed by atoms with van der Waals surface area (Å²) < 4.78 is 0.990. The van der Waals surface area contributed by atoms with Crippen LogP contribution >= 0.6 is 15.9 Å². The summed E-state index contributed by atoms with van der Waals surface area (Å²) in [4.78, 5) is 14.1. The van der Waals surface area contributed by atoms with Gasteiger partial charge < -0.3 is 10.2 Å². The molecule has 4 heteroatoms. The van der Waals surface area contributed by atoms with E-state index >= 15 is 0 Å². The lowest BCUT2D eigenvalue weighted by Gasteiger charge is -2.12. The molecule has 1 aromatic rings. The first-order valence-corrected chi connectivity index (χ1v) is 6.19. The Morgan fingerprint density at radius 3 is 2.69 bits per heavy atom. The van der Waals surface area contributed by atoms with E-state index in [4.69, 9.17) is 0 Å². The molecular weight excluding hydrogens is 268 g/mol. The molecule has 0 saturated carbocycles. The lowest BCUT2D eigenvalue weighted by Crippen LogP contribution is -2.36. The van der Waals surface area contributed by atoms with Crippen LogP contribution < -0.4 is 5.32 Å². The van der Waals surface area contributed by atoms with Crippen LogP contribution in [0.3, 0.4) is 0 Å². The van der Waals surface area contributed by atoms with Crippen LogP contribution in [0.5, 0.6) is 0 Å². The molecule has 1 aliphatic rings. The minimum absolute atomic E-state index is 0.0211. The van der Waals surface area contributed by atoms with E-state index in [9.17, 15) is 4.79 Å². The molecule has 2 rings (SSSR count). The number of carbonyl (C=O) groups is 1. The monoisotopic (exact) mass is 282 g/mol. The van der Waals surface area contributed by atoms with Gasteiger partial charge in [-0.3, -0.25) is 4.79 Å². The Labute approximate surface area is 104 Å². The van der Waals surface area contributed by atoms with Crippen molar-refractivity contribution in [1.29, 1.82) is 0 Å². The maximum atomic E-state index is 11.9. The molecule has 1 amide bonds. The molecule has 1 aliphatic heterocycles. The SMILES string of the molecule is CN1CCC(NC(=O)c2ccc(Br)cc2)C1. The Balaban J connectivity index is 1.95. The zero-order valence-corrected chi connectivity index (χ0v) is 10.8. The molecule has 3 nitrogen and oxygen atoms in total. The second-order valence-electron chi connectivity index (χ2n) is 4.23. The van der Waals surface area contributed by atoms with E-state index in [2.05, 4.69) is 33.2 Å². The largest absolute Gasteiger partial charge is 0.348 e. The van der Waals surface area contributed by atoms with Crippen molar-refractivity contribution in [3.63, 3.8) is 0 Å². The molecule has 0 aromatic heterocycles. The quantitative estimate of drug-likeness (QED) is 0.899. The van der Waals surface area contributed by atoms with Gasteiger partial charge >= 0.3 is 0 Å². The van der Waals surface area contributed by atoms with Gasteiger partial charge in [-0.25, -0.2) is 0 Å². The highest BCUT2D eigenvalue weighted by Crippen LogP contribution is 2.12. The van der Waals surface area contributed by atoms with E-state index in [-0.39, 0.29) is 5.91 Å². The van der Waals surface area contributed by atoms with E-state index in [0.717, 1.165) is 29.5 Å². The van der Waals surface area contributed by atoms with Crippen LogP contribution in [0.4, 0.5) is 0 Å². The number of likely N-dealkylation sites (N-methyl/N-ethyl adjacent to an activating group) is 1. The van der Waals surface area contributed by atoms with E-state index in [1.165, 1.54) is 0 Å². The van der Waals surface area contributed by atoms with E-state index in [1.807, 2.05) is 24.3 Å². The highest BCUT2D eigenvalue weighted by atomic mass is 79.9. The van der Waals surface area contributed by atoms with Crippen LogP contribution in [0.1, 0.15) is 16.8 Å². The molecule has 1 atom stereocenters. The van der Waals surface area contributed by atoms with Crippen molar-refractivity contribution in [2.45, 2.75) is 12.5 Å². The van der Waals surface area contributed by atoms with Crippen molar-refractivity contribution in [2.75, 3.05) is 20.1 Å². The normalized spacial score (nSPS) is 21.0. The number of hydrogen-bond acceptors (Lipinski definition) is 2. The molecule has 1 N–H and O–H groups in total. The van der Waals surface area contributed by atoms with Crippen molar-refractivity contribution in [2.24, 2.45) is 0 Å². The third kappa shape index (κ3) is 2.83. The van der Waals surface area contributed by atoms with Gasteiger partial charge in [-0.1, -0.05) is 15.9 Å². The van der Waals surface area contributed by atoms with Crippen molar-refractivity contribution in [3.05, 3.63) is 34.3 Å². The predicted molar refractivity (Wildman–Crippen MR) is 67.5 cm³/mol. The molecule has 0 bridgehead atoms. The standard InChI is InChI=1S/C12H15BrN2O/c1-15-7-6-11(8-15)14-12(16)9-2-4-10(13)5-3-9/h2-5,11H,6-8H2,1H3,(H,14,16). The van der Waals surface area contributed by atoms with Crippen molar-refractivity contribution in [1.82, 2.24) is 10.2 Å². The molecule has 86 valence electrons. The molecule has 1 aromatic carbocycles. The third-order valence-electron chi connectivity index (χ3n) is 2.83. The van der Waals surface area contributed by atoms with Crippen LogP contribution in [0.15, 0.2) is 28.7 Å². The molecule has 0 aliphatic carbocycles. The molecule has 0 spiro atoms. The zero-order valence-electron chi connectivity index (χ0n) is 9.24. The zero-order chi connectivity index (χ0) is 11.5. The maximum Gasteiger partial charge on any atom is 0.251 e. The number of benzene rings is 1. The Kier molecular flexibility index (Phi) is 3.61. The first kappa shape index (κ1) is 11.6. The second-order valence-corrected chi connectivity index (χ2v) is 5.14. The van der Waals surface area contributed by atoms with Crippen LogP contribution in [0, 0.1) is 0 Å². The second kappa shape index (κ2) is 4.97. The average Bonchev–Trinajstić information content (AvgIpc) is 2.65. The van der Waals surface area contributed by atoms with Gasteiger partial charge in [0.25, 0.3) is 5.91 Å². The van der Waals surface area contributed by atoms with Crippen LogP contribution in [-0.4, -0.2) is 37.0 Å². The van der Waals surface area contributed by atoms with Crippen LogP contribution in [-0.2, 0) is 0 Å². The average molecular weight is 283 g/mol. The predicted octanol–water partition coefficient (Wildman–Crippen LogP) is 1.88. The fourth-order valence-corrected chi connectivity index (χ4v) is 2.19. The summed E-state index contributed by atoms with van der Waals surface area (Å²) in [5.74, 6) is 0.0211. The first-order valence-electron chi connectivity index (χ1n) is 5.40. The number of rotatable bonds is 2. The van der Waals surface area contributed by atoms with Gasteiger partial charge in [-0.2, -0.15) is 0 Å². The molecule has 16 heavy (non-hydrogen) atoms. The van der Waals surface area contributed by atoms with Gasteiger partial charge in [0.2, 0.25) is 0 Å². The fourth-order valence-electron chi connectivity index (χ4n) is 1.92. The summed E-state index contributed by atoms with van der Waals surface area (Å²) in [5.41, 5.74) is 0.720. The van der Waals surface area contributed by atoms with Gasteiger partial charge in [0, 0.05) is 22.6 Å². The number of carbonyl (C=O) groups excluding carboxylic acids is 1. The molecule has 1 heterocycles. The smallest absolute Gasteiger partial charge is 0.251 e. The van der Waals surface area contributed by atoms with Crippen LogP contribution in [0.25, 0.3) is 0 Å². The third-order valence-corrected chi connectivity index (χ3v) is 3.36. The van der Waals surface area contributed by atoms with Gasteiger partial charge in [0.05, 0.1) is 0 Å². The number of halogens is 1. The maximum absolute atomic E-state index is 11.9. The summed E-state index contributed by atoms with van der Waals surface area (Å²) in [6.07, 6.45) is 1.04. The number of nitrogens with one attached hydrogen (secondary N) is 1. The molecule has 1 unspecified atom stereocenters. The Morgan fingerprint density at radius 2 is 2.12 bits per heavy atom. The summed E-state index contributed by atoms with van der Waals surface area (Å²) in [7, 11) is 2.08. The first-order chi connectivity index (χ1) is 7.65. The fraction of sp³-hybridized carbons (Fsp3) is 0.417. The molecule has 0 radical (unpaired) electrons. The Morgan fingerprint density at radius 1 is 1.44 bits per heavy atom. The lowest BCUT2D eigenvalue weighted by atomic mass is 10.2. The van der Waals surface area contributed by atoms with Crippen molar-refractivity contribution >= 4 is 21.8 Å². The summed E-state index contributed by atoms with van der Waals surface area (Å²) in [6, 6.07) is 7.72. The number of amides is 1. The molecular formula is C12H15BrN2O. The lowest BCUT2D eigenvalue weighted by molar-refractivity contribution is 0.0938. The number of hydrogen-bond donors (Lipinski definition) is 1. The van der Waals surface area contributed by atoms with Gasteiger partial charge in [-0.15, -0.1) is 0 Å². The van der Waals surface area contributed by atoms with Crippen molar-refractivity contribution in [3.8, 4) is 0 Å². The molecule has 1 saturated heterocycles. The summed E-state index contributed by atoms with van der Waals surface area (Å²) in [6.45, 7) is 2.01. The number of likely N-dealkylation sites (tertiary alicyclic amines) is 1. The highest BCUT2D eigenvalue weighted by Gasteiger charge is 2.21. The van der Waals surface area contributed by atoms with E-state index < -0.39 is 0 Å². The minimum atomic E-state index is 0.0211. The Hall–Kier alpha value is -0.870. The topological polar surface area (TPSA) is 32.3 Å². The van der Waals surface area contributed by atoms with Gasteiger partial charge in [0.15, 0.2) is 0 Å². The summed E-state index contributed by atoms with van der Waals surface area (Å²) in [5, 5.41) is 3.05. The van der Waals surface area contributed by atoms with Crippen LogP contribution in [0.2, 0.25) is 0 Å². The molecule has 1 fully saturated rings. The van der Waals surface area contributed by atoms with Crippen molar-refractivity contribution < 1.29 is 4.79 Å². The minimum Gasteiger partial charge on any atom is -0.348 e.